The summed E-state index contributed by atoms with van der Waals surface area (Å²) in [5.74, 6) is -0.456. The second kappa shape index (κ2) is 5.67. The first-order chi connectivity index (χ1) is 12.2. The van der Waals surface area contributed by atoms with Crippen LogP contribution in [0.4, 0.5) is 0 Å². The number of hydrogen-bond acceptors (Lipinski definition) is 3. The summed E-state index contributed by atoms with van der Waals surface area (Å²) in [5.41, 5.74) is 1.55. The maximum absolute atomic E-state index is 13.3. The predicted molar refractivity (Wildman–Crippen MR) is 99.9 cm³/mol. The van der Waals surface area contributed by atoms with Gasteiger partial charge in [0, 0.05) is 16.4 Å². The number of carboxylic acids is 1. The third kappa shape index (κ3) is 2.33. The molecule has 0 bridgehead atoms. The van der Waals surface area contributed by atoms with Crippen LogP contribution in [0.1, 0.15) is 72.0 Å². The van der Waals surface area contributed by atoms with E-state index in [9.17, 15) is 14.7 Å². The summed E-state index contributed by atoms with van der Waals surface area (Å²) < 4.78 is 2.63. The van der Waals surface area contributed by atoms with Crippen molar-refractivity contribution in [3.8, 4) is 5.69 Å². The fourth-order valence-electron chi connectivity index (χ4n) is 3.99. The zero-order valence-corrected chi connectivity index (χ0v) is 16.5. The Hall–Kier alpha value is -2.15. The molecular weight excluding hydrogens is 398 g/mol. The smallest absolute Gasteiger partial charge is 0.356 e. The fourth-order valence-corrected chi connectivity index (χ4v) is 4.52. The van der Waals surface area contributed by atoms with Crippen LogP contribution in [0.5, 0.6) is 0 Å². The number of rotatable bonds is 1. The molecule has 6 nitrogen and oxygen atoms in total. The van der Waals surface area contributed by atoms with Gasteiger partial charge in [0.15, 0.2) is 5.69 Å². The van der Waals surface area contributed by atoms with Gasteiger partial charge in [0.1, 0.15) is 5.82 Å². The van der Waals surface area contributed by atoms with Gasteiger partial charge >= 0.3 is 5.97 Å². The van der Waals surface area contributed by atoms with Gasteiger partial charge < -0.3 is 10.0 Å². The van der Waals surface area contributed by atoms with Crippen LogP contribution in [0.2, 0.25) is 0 Å². The molecule has 3 heterocycles. The second-order valence-corrected chi connectivity index (χ2v) is 8.70. The van der Waals surface area contributed by atoms with Gasteiger partial charge in [0.25, 0.3) is 5.91 Å². The standard InChI is InChI=1S/C19H20BrN3O3/c1-19(2,3)18-21-14(17(25)26)15-12-8-5-9-22(12)16(24)13-10(20)6-4-7-11(13)23(15)18/h4,6-7,12H,5,8-9H2,1-3H3,(H,25,26)/t12-/m0/s1. The minimum atomic E-state index is -1.05. The van der Waals surface area contributed by atoms with E-state index in [2.05, 4.69) is 20.9 Å². The lowest BCUT2D eigenvalue weighted by atomic mass is 9.95. The number of halogens is 1. The topological polar surface area (TPSA) is 75.4 Å². The van der Waals surface area contributed by atoms with E-state index in [1.165, 1.54) is 0 Å². The number of carbonyl (C=O) groups excluding carboxylic acids is 1. The molecule has 1 aromatic carbocycles. The number of carboxylic acid groups (broad SMARTS) is 1. The summed E-state index contributed by atoms with van der Waals surface area (Å²) in [4.78, 5) is 31.6. The van der Waals surface area contributed by atoms with E-state index in [0.29, 0.717) is 33.8 Å². The molecule has 0 saturated carbocycles. The number of hydrogen-bond donors (Lipinski definition) is 1. The molecule has 0 unspecified atom stereocenters. The monoisotopic (exact) mass is 417 g/mol. The highest BCUT2D eigenvalue weighted by molar-refractivity contribution is 9.10. The van der Waals surface area contributed by atoms with Crippen LogP contribution in [0.3, 0.4) is 0 Å². The molecule has 2 aliphatic heterocycles. The highest BCUT2D eigenvalue weighted by Crippen LogP contribution is 2.43. The van der Waals surface area contributed by atoms with Crippen LogP contribution in [0.15, 0.2) is 22.7 Å². The lowest BCUT2D eigenvalue weighted by molar-refractivity contribution is 0.0673. The predicted octanol–water partition coefficient (Wildman–Crippen LogP) is 3.92. The zero-order chi connectivity index (χ0) is 18.8. The molecule has 2 aromatic rings. The lowest BCUT2D eigenvalue weighted by Crippen LogP contribution is -2.30. The third-order valence-corrected chi connectivity index (χ3v) is 5.72. The number of benzene rings is 1. The summed E-state index contributed by atoms with van der Waals surface area (Å²) in [7, 11) is 0. The molecule has 1 aromatic heterocycles. The number of aromatic nitrogens is 2. The summed E-state index contributed by atoms with van der Waals surface area (Å²) in [6.07, 6.45) is 1.60. The van der Waals surface area contributed by atoms with Crippen molar-refractivity contribution in [2.24, 2.45) is 0 Å². The number of amides is 1. The Morgan fingerprint density at radius 1 is 1.35 bits per heavy atom. The minimum absolute atomic E-state index is 0.0486. The van der Waals surface area contributed by atoms with Gasteiger partial charge in [0.05, 0.1) is 23.0 Å². The normalized spacial score (nSPS) is 19.0. The molecule has 136 valence electrons. The molecule has 4 rings (SSSR count). The Bertz CT molecular complexity index is 942. The van der Waals surface area contributed by atoms with Gasteiger partial charge in [-0.15, -0.1) is 0 Å². The second-order valence-electron chi connectivity index (χ2n) is 7.85. The van der Waals surface area contributed by atoms with Crippen LogP contribution in [-0.4, -0.2) is 38.0 Å². The van der Waals surface area contributed by atoms with Crippen molar-refractivity contribution >= 4 is 27.8 Å². The molecule has 2 aliphatic rings. The highest BCUT2D eigenvalue weighted by Gasteiger charge is 2.43. The van der Waals surface area contributed by atoms with E-state index in [-0.39, 0.29) is 23.1 Å². The molecule has 1 N–H and O–H groups in total. The maximum atomic E-state index is 13.3. The average Bonchev–Trinajstić information content (AvgIpc) is 3.15. The van der Waals surface area contributed by atoms with Crippen molar-refractivity contribution in [2.75, 3.05) is 6.54 Å². The number of nitrogens with zero attached hydrogens (tertiary/aromatic N) is 3. The minimum Gasteiger partial charge on any atom is -0.476 e. The SMILES string of the molecule is CC(C)(C)c1nc(C(=O)O)c2n1-c1cccc(Br)c1C(=O)N1CCC[C@@H]21. The molecule has 26 heavy (non-hydrogen) atoms. The third-order valence-electron chi connectivity index (χ3n) is 5.06. The quantitative estimate of drug-likeness (QED) is 0.762. The van der Waals surface area contributed by atoms with E-state index in [1.54, 1.807) is 4.90 Å². The summed E-state index contributed by atoms with van der Waals surface area (Å²) in [5, 5.41) is 9.81. The molecule has 1 saturated heterocycles. The van der Waals surface area contributed by atoms with E-state index < -0.39 is 5.97 Å². The maximum Gasteiger partial charge on any atom is 0.356 e. The first kappa shape index (κ1) is 17.3. The van der Waals surface area contributed by atoms with Crippen LogP contribution in [0.25, 0.3) is 5.69 Å². The van der Waals surface area contributed by atoms with Crippen LogP contribution in [-0.2, 0) is 5.41 Å². The van der Waals surface area contributed by atoms with Gasteiger partial charge in [0.2, 0.25) is 0 Å². The largest absolute Gasteiger partial charge is 0.476 e. The Morgan fingerprint density at radius 2 is 2.08 bits per heavy atom. The highest BCUT2D eigenvalue weighted by atomic mass is 79.9. The Labute approximate surface area is 160 Å². The Morgan fingerprint density at radius 3 is 2.73 bits per heavy atom. The van der Waals surface area contributed by atoms with Crippen molar-refractivity contribution in [3.05, 3.63) is 45.4 Å². The van der Waals surface area contributed by atoms with Gasteiger partial charge in [-0.2, -0.15) is 0 Å². The molecule has 1 fully saturated rings. The number of carbonyl (C=O) groups is 2. The van der Waals surface area contributed by atoms with Crippen LogP contribution < -0.4 is 0 Å². The lowest BCUT2D eigenvalue weighted by Gasteiger charge is -2.23. The Kier molecular flexibility index (Phi) is 3.77. The molecule has 1 amide bonds. The summed E-state index contributed by atoms with van der Waals surface area (Å²) in [6, 6.07) is 5.31. The number of fused-ring (bicyclic) bond motifs is 5. The van der Waals surface area contributed by atoms with Crippen molar-refractivity contribution in [1.82, 2.24) is 14.5 Å². The Balaban J connectivity index is 2.17. The van der Waals surface area contributed by atoms with E-state index in [0.717, 1.165) is 12.8 Å². The van der Waals surface area contributed by atoms with Gasteiger partial charge in [-0.05, 0) is 40.9 Å². The van der Waals surface area contributed by atoms with Gasteiger partial charge in [-0.25, -0.2) is 9.78 Å². The summed E-state index contributed by atoms with van der Waals surface area (Å²) in [6.45, 7) is 6.64. The van der Waals surface area contributed by atoms with Crippen LogP contribution in [0, 0.1) is 0 Å². The fraction of sp³-hybridized carbons (Fsp3) is 0.421. The summed E-state index contributed by atoms with van der Waals surface area (Å²) >= 11 is 3.52. The molecule has 0 spiro atoms. The van der Waals surface area contributed by atoms with Crippen molar-refractivity contribution in [2.45, 2.75) is 45.1 Å². The van der Waals surface area contributed by atoms with E-state index >= 15 is 0 Å². The average molecular weight is 418 g/mol. The van der Waals surface area contributed by atoms with Crippen LogP contribution >= 0.6 is 15.9 Å². The van der Waals surface area contributed by atoms with Gasteiger partial charge in [-0.3, -0.25) is 9.36 Å². The van der Waals surface area contributed by atoms with E-state index in [4.69, 9.17) is 0 Å². The first-order valence-corrected chi connectivity index (χ1v) is 9.47. The van der Waals surface area contributed by atoms with E-state index in [1.807, 2.05) is 43.5 Å². The molecule has 0 aliphatic carbocycles. The molecular formula is C19H20BrN3O3. The van der Waals surface area contributed by atoms with Gasteiger partial charge in [-0.1, -0.05) is 26.8 Å². The van der Waals surface area contributed by atoms with Crippen molar-refractivity contribution in [3.63, 3.8) is 0 Å². The zero-order valence-electron chi connectivity index (χ0n) is 14.9. The van der Waals surface area contributed by atoms with Crippen molar-refractivity contribution in [1.29, 1.82) is 0 Å². The van der Waals surface area contributed by atoms with Crippen molar-refractivity contribution < 1.29 is 14.7 Å². The first-order valence-electron chi connectivity index (χ1n) is 8.68. The number of imidazole rings is 1. The molecule has 1 atom stereocenters. The molecule has 0 radical (unpaired) electrons. The number of aromatic carboxylic acids is 1. The molecule has 7 heteroatoms.